The minimum atomic E-state index is -0.247. The highest BCUT2D eigenvalue weighted by Crippen LogP contribution is 2.29. The van der Waals surface area contributed by atoms with E-state index in [1.807, 2.05) is 19.1 Å². The first kappa shape index (κ1) is 15.4. The maximum Gasteiger partial charge on any atom is 0.189 e. The number of aryl methyl sites for hydroxylation is 1. The summed E-state index contributed by atoms with van der Waals surface area (Å²) in [5.74, 6) is -0.315. The normalized spacial score (nSPS) is 11.2. The molecule has 0 radical (unpaired) electrons. The lowest BCUT2D eigenvalue weighted by Crippen LogP contribution is -1.94. The first-order valence-electron chi connectivity index (χ1n) is 7.26. The Kier molecular flexibility index (Phi) is 4.48. The fourth-order valence-corrected chi connectivity index (χ4v) is 3.05. The van der Waals surface area contributed by atoms with Gasteiger partial charge in [0.1, 0.15) is 5.82 Å². The average Bonchev–Trinajstić information content (AvgIpc) is 3.22. The van der Waals surface area contributed by atoms with Gasteiger partial charge in [-0.3, -0.25) is 9.48 Å². The molecule has 0 atom stereocenters. The molecule has 0 aliphatic heterocycles. The Morgan fingerprint density at radius 1 is 1.26 bits per heavy atom. The monoisotopic (exact) mass is 326 g/mol. The number of halogens is 1. The number of hydrogen-bond acceptors (Lipinski definition) is 3. The number of benzene rings is 1. The molecule has 3 rings (SSSR count). The molecule has 0 aliphatic rings. The molecule has 23 heavy (non-hydrogen) atoms. The molecule has 1 aromatic carbocycles. The molecule has 3 nitrogen and oxygen atoms in total. The first-order valence-corrected chi connectivity index (χ1v) is 8.08. The molecule has 3 aromatic rings. The van der Waals surface area contributed by atoms with Crippen molar-refractivity contribution in [3.63, 3.8) is 0 Å². The van der Waals surface area contributed by atoms with Crippen molar-refractivity contribution < 1.29 is 9.18 Å². The Morgan fingerprint density at radius 2 is 2.04 bits per heavy atom. The molecule has 0 fully saturated rings. The van der Waals surface area contributed by atoms with Gasteiger partial charge < -0.3 is 0 Å². The molecule has 2 aromatic heterocycles. The van der Waals surface area contributed by atoms with Gasteiger partial charge in [0.25, 0.3) is 0 Å². The van der Waals surface area contributed by atoms with Crippen LogP contribution in [0.25, 0.3) is 16.5 Å². The van der Waals surface area contributed by atoms with Crippen LogP contribution in [-0.4, -0.2) is 15.6 Å². The maximum absolute atomic E-state index is 13.0. The summed E-state index contributed by atoms with van der Waals surface area (Å²) in [6.07, 6.45) is 6.67. The van der Waals surface area contributed by atoms with Crippen molar-refractivity contribution in [2.75, 3.05) is 0 Å². The van der Waals surface area contributed by atoms with E-state index in [1.165, 1.54) is 12.1 Å². The molecule has 0 N–H and O–H groups in total. The van der Waals surface area contributed by atoms with Crippen LogP contribution in [0.3, 0.4) is 0 Å². The number of ketones is 1. The zero-order valence-corrected chi connectivity index (χ0v) is 13.4. The van der Waals surface area contributed by atoms with Crippen LogP contribution in [0, 0.1) is 5.82 Å². The highest BCUT2D eigenvalue weighted by molar-refractivity contribution is 7.16. The summed E-state index contributed by atoms with van der Waals surface area (Å²) < 4.78 is 14.7. The molecular formula is C18H15FN2OS. The Hall–Kier alpha value is -2.53. The number of carbonyl (C=O) groups is 1. The fraction of sp³-hybridized carbons (Fsp3) is 0.111. The summed E-state index contributed by atoms with van der Waals surface area (Å²) in [5.41, 5.74) is 1.55. The van der Waals surface area contributed by atoms with E-state index >= 15 is 0 Å². The van der Waals surface area contributed by atoms with Crippen molar-refractivity contribution in [2.45, 2.75) is 13.5 Å². The summed E-state index contributed by atoms with van der Waals surface area (Å²) >= 11 is 1.56. The number of nitrogens with zero attached hydrogens (tertiary/aromatic N) is 2. The molecule has 5 heteroatoms. The van der Waals surface area contributed by atoms with E-state index in [0.29, 0.717) is 5.56 Å². The van der Waals surface area contributed by atoms with E-state index in [1.54, 1.807) is 52.7 Å². The second-order valence-corrected chi connectivity index (χ2v) is 6.11. The highest BCUT2D eigenvalue weighted by Gasteiger charge is 2.06. The van der Waals surface area contributed by atoms with E-state index in [0.717, 1.165) is 21.9 Å². The number of hydrogen-bond donors (Lipinski definition) is 0. The minimum Gasteiger partial charge on any atom is -0.289 e. The van der Waals surface area contributed by atoms with Crippen LogP contribution >= 0.6 is 11.3 Å². The lowest BCUT2D eigenvalue weighted by atomic mass is 10.2. The van der Waals surface area contributed by atoms with Crippen LogP contribution in [0.2, 0.25) is 0 Å². The number of aromatic nitrogens is 2. The number of carbonyl (C=O) groups excluding carboxylic acids is 1. The number of rotatable bonds is 5. The molecule has 0 saturated heterocycles. The lowest BCUT2D eigenvalue weighted by Gasteiger charge is -1.95. The standard InChI is InChI=1S/C18H15FN2OS/c1-2-21-12-14(11-20-21)17(22)9-7-16-8-10-18(23-16)13-3-5-15(19)6-4-13/h3-12H,2H2,1H3/b9-7+. The van der Waals surface area contributed by atoms with Gasteiger partial charge >= 0.3 is 0 Å². The topological polar surface area (TPSA) is 34.9 Å². The summed E-state index contributed by atoms with van der Waals surface area (Å²) in [7, 11) is 0. The Balaban J connectivity index is 1.73. The van der Waals surface area contributed by atoms with Crippen molar-refractivity contribution >= 4 is 23.2 Å². The van der Waals surface area contributed by atoms with Crippen LogP contribution in [0.4, 0.5) is 4.39 Å². The Labute approximate surface area is 137 Å². The molecule has 0 unspecified atom stereocenters. The minimum absolute atomic E-state index is 0.0681. The molecule has 0 aliphatic carbocycles. The Bertz CT molecular complexity index is 846. The van der Waals surface area contributed by atoms with Crippen molar-refractivity contribution in [2.24, 2.45) is 0 Å². The van der Waals surface area contributed by atoms with Gasteiger partial charge in [0.15, 0.2) is 5.78 Å². The van der Waals surface area contributed by atoms with Gasteiger partial charge in [-0.05, 0) is 48.9 Å². The van der Waals surface area contributed by atoms with Gasteiger partial charge in [0.2, 0.25) is 0 Å². The van der Waals surface area contributed by atoms with E-state index in [4.69, 9.17) is 0 Å². The van der Waals surface area contributed by atoms with Gasteiger partial charge in [-0.1, -0.05) is 12.1 Å². The smallest absolute Gasteiger partial charge is 0.189 e. The van der Waals surface area contributed by atoms with Crippen molar-refractivity contribution in [1.82, 2.24) is 9.78 Å². The van der Waals surface area contributed by atoms with Gasteiger partial charge in [-0.2, -0.15) is 5.10 Å². The first-order chi connectivity index (χ1) is 11.2. The third-order valence-electron chi connectivity index (χ3n) is 3.40. The molecule has 0 saturated carbocycles. The van der Waals surface area contributed by atoms with Crippen LogP contribution in [0.15, 0.2) is 54.9 Å². The fourth-order valence-electron chi connectivity index (χ4n) is 2.13. The highest BCUT2D eigenvalue weighted by atomic mass is 32.1. The predicted molar refractivity (Wildman–Crippen MR) is 91.0 cm³/mol. The summed E-state index contributed by atoms with van der Waals surface area (Å²) in [5, 5.41) is 4.10. The van der Waals surface area contributed by atoms with Gasteiger partial charge in [-0.25, -0.2) is 4.39 Å². The van der Waals surface area contributed by atoms with Crippen molar-refractivity contribution in [1.29, 1.82) is 0 Å². The van der Waals surface area contributed by atoms with E-state index in [2.05, 4.69) is 5.10 Å². The van der Waals surface area contributed by atoms with Crippen molar-refractivity contribution in [3.05, 3.63) is 71.1 Å². The largest absolute Gasteiger partial charge is 0.289 e. The van der Waals surface area contributed by atoms with Gasteiger partial charge in [0, 0.05) is 22.5 Å². The van der Waals surface area contributed by atoms with E-state index < -0.39 is 0 Å². The van der Waals surface area contributed by atoms with Crippen LogP contribution < -0.4 is 0 Å². The Morgan fingerprint density at radius 3 is 2.74 bits per heavy atom. The number of thiophene rings is 1. The SMILES string of the molecule is CCn1cc(C(=O)/C=C/c2ccc(-c3ccc(F)cc3)s2)cn1. The van der Waals surface area contributed by atoms with Crippen LogP contribution in [0.1, 0.15) is 22.2 Å². The zero-order valence-electron chi connectivity index (χ0n) is 12.6. The van der Waals surface area contributed by atoms with Crippen LogP contribution in [-0.2, 0) is 6.54 Å². The zero-order chi connectivity index (χ0) is 16.2. The molecule has 116 valence electrons. The molecule has 0 amide bonds. The molecular weight excluding hydrogens is 311 g/mol. The predicted octanol–water partition coefficient (Wildman–Crippen LogP) is 4.67. The quantitative estimate of drug-likeness (QED) is 0.504. The van der Waals surface area contributed by atoms with Gasteiger partial charge in [-0.15, -0.1) is 11.3 Å². The molecule has 0 spiro atoms. The molecule has 0 bridgehead atoms. The average molecular weight is 326 g/mol. The van der Waals surface area contributed by atoms with Crippen LogP contribution in [0.5, 0.6) is 0 Å². The summed E-state index contributed by atoms with van der Waals surface area (Å²) in [6, 6.07) is 10.3. The summed E-state index contributed by atoms with van der Waals surface area (Å²) in [6.45, 7) is 2.71. The van der Waals surface area contributed by atoms with Crippen molar-refractivity contribution in [3.8, 4) is 10.4 Å². The molecule has 2 heterocycles. The second-order valence-electron chi connectivity index (χ2n) is 4.99. The van der Waals surface area contributed by atoms with Gasteiger partial charge in [0.05, 0.1) is 11.8 Å². The third kappa shape index (κ3) is 3.63. The van der Waals surface area contributed by atoms with E-state index in [-0.39, 0.29) is 11.6 Å². The summed E-state index contributed by atoms with van der Waals surface area (Å²) in [4.78, 5) is 14.1. The number of allylic oxidation sites excluding steroid dienone is 1. The second kappa shape index (κ2) is 6.71. The lowest BCUT2D eigenvalue weighted by molar-refractivity contribution is 0.104. The third-order valence-corrected chi connectivity index (χ3v) is 4.50. The van der Waals surface area contributed by atoms with E-state index in [9.17, 15) is 9.18 Å². The maximum atomic E-state index is 13.0.